The Morgan fingerprint density at radius 3 is 2.50 bits per heavy atom. The SMILES string of the molecule is CC.CC(C)OC(=O)[C@@H](CC1=CCc2ccccc2S1)NC(=O)OC(C)(C)P. The fourth-order valence-corrected chi connectivity index (χ4v) is 3.66. The zero-order valence-corrected chi connectivity index (χ0v) is 19.5. The van der Waals surface area contributed by atoms with Crippen LogP contribution < -0.4 is 5.32 Å². The van der Waals surface area contributed by atoms with E-state index in [2.05, 4.69) is 32.8 Å². The maximum Gasteiger partial charge on any atom is 0.408 e. The molecule has 2 rings (SSSR count). The van der Waals surface area contributed by atoms with Gasteiger partial charge in [0.1, 0.15) is 11.4 Å². The minimum atomic E-state index is -0.790. The second kappa shape index (κ2) is 11.5. The van der Waals surface area contributed by atoms with Crippen molar-refractivity contribution in [2.75, 3.05) is 0 Å². The average Bonchev–Trinajstić information content (AvgIpc) is 2.60. The summed E-state index contributed by atoms with van der Waals surface area (Å²) in [6, 6.07) is 7.38. The van der Waals surface area contributed by atoms with E-state index in [4.69, 9.17) is 9.47 Å². The highest BCUT2D eigenvalue weighted by atomic mass is 32.2. The minimum absolute atomic E-state index is 0.255. The Bertz CT molecular complexity index is 698. The van der Waals surface area contributed by atoms with Crippen molar-refractivity contribution in [2.45, 2.75) is 76.8 Å². The molecule has 1 heterocycles. The lowest BCUT2D eigenvalue weighted by Crippen LogP contribution is -2.44. The fourth-order valence-electron chi connectivity index (χ4n) is 2.42. The number of thioether (sulfide) groups is 1. The Labute approximate surface area is 175 Å². The molecule has 1 aliphatic rings. The van der Waals surface area contributed by atoms with Crippen molar-refractivity contribution < 1.29 is 19.1 Å². The van der Waals surface area contributed by atoms with E-state index in [1.165, 1.54) is 10.5 Å². The van der Waals surface area contributed by atoms with Crippen LogP contribution in [0.15, 0.2) is 40.1 Å². The molecule has 156 valence electrons. The summed E-state index contributed by atoms with van der Waals surface area (Å²) in [7, 11) is 2.43. The molecule has 0 aliphatic carbocycles. The van der Waals surface area contributed by atoms with Crippen LogP contribution in [0, 0.1) is 0 Å². The number of esters is 1. The quantitative estimate of drug-likeness (QED) is 0.495. The van der Waals surface area contributed by atoms with Crippen molar-refractivity contribution >= 4 is 33.1 Å². The standard InChI is InChI=1S/C19H26NO4PS.C2H6/c1-12(2)23-17(21)15(20-18(22)24-19(3,4)25)11-14-10-9-13-7-5-6-8-16(13)26-14;1-2/h5-8,10,12,15H,9,11,25H2,1-4H3,(H,20,22);1-2H3/t15-;/m1./s1. The van der Waals surface area contributed by atoms with Gasteiger partial charge in [0.05, 0.1) is 6.10 Å². The van der Waals surface area contributed by atoms with Crippen LogP contribution in [0.1, 0.15) is 53.5 Å². The van der Waals surface area contributed by atoms with Gasteiger partial charge in [0.2, 0.25) is 0 Å². The van der Waals surface area contributed by atoms with E-state index in [9.17, 15) is 9.59 Å². The van der Waals surface area contributed by atoms with Gasteiger partial charge < -0.3 is 14.8 Å². The molecule has 0 spiro atoms. The zero-order valence-electron chi connectivity index (χ0n) is 17.6. The van der Waals surface area contributed by atoms with E-state index in [1.54, 1.807) is 39.5 Å². The molecule has 1 aromatic rings. The molecular formula is C21H32NO4PS. The highest BCUT2D eigenvalue weighted by Gasteiger charge is 2.28. The van der Waals surface area contributed by atoms with Gasteiger partial charge in [0.25, 0.3) is 0 Å². The second-order valence-electron chi connectivity index (χ2n) is 6.96. The summed E-state index contributed by atoms with van der Waals surface area (Å²) in [5.74, 6) is -0.459. The summed E-state index contributed by atoms with van der Waals surface area (Å²) in [5, 5.41) is 1.93. The van der Waals surface area contributed by atoms with Crippen molar-refractivity contribution in [1.82, 2.24) is 5.32 Å². The lowest BCUT2D eigenvalue weighted by molar-refractivity contribution is -0.149. The summed E-state index contributed by atoms with van der Waals surface area (Å²) < 4.78 is 10.6. The van der Waals surface area contributed by atoms with Crippen LogP contribution in [0.25, 0.3) is 0 Å². The van der Waals surface area contributed by atoms with Crippen molar-refractivity contribution in [2.24, 2.45) is 0 Å². The Kier molecular flexibility index (Phi) is 10.0. The second-order valence-corrected chi connectivity index (χ2v) is 9.52. The van der Waals surface area contributed by atoms with Gasteiger partial charge in [0.15, 0.2) is 0 Å². The van der Waals surface area contributed by atoms with Crippen molar-refractivity contribution in [3.63, 3.8) is 0 Å². The van der Waals surface area contributed by atoms with Crippen molar-refractivity contribution in [3.8, 4) is 0 Å². The van der Waals surface area contributed by atoms with E-state index >= 15 is 0 Å². The van der Waals surface area contributed by atoms with E-state index in [1.807, 2.05) is 26.0 Å². The van der Waals surface area contributed by atoms with E-state index in [0.717, 1.165) is 11.3 Å². The predicted molar refractivity (Wildman–Crippen MR) is 118 cm³/mol. The number of nitrogens with one attached hydrogen (secondary N) is 1. The third-order valence-electron chi connectivity index (χ3n) is 3.45. The summed E-state index contributed by atoms with van der Waals surface area (Å²) in [6.07, 6.45) is 2.38. The van der Waals surface area contributed by atoms with Gasteiger partial charge in [0, 0.05) is 11.3 Å². The Hall–Kier alpha value is -1.52. The Morgan fingerprint density at radius 1 is 1.25 bits per heavy atom. The summed E-state index contributed by atoms with van der Waals surface area (Å²) in [6.45, 7) is 11.1. The molecule has 0 saturated carbocycles. The summed E-state index contributed by atoms with van der Waals surface area (Å²) >= 11 is 1.62. The average molecular weight is 426 g/mol. The third-order valence-corrected chi connectivity index (χ3v) is 4.78. The minimum Gasteiger partial charge on any atom is -0.461 e. The molecular weight excluding hydrogens is 393 g/mol. The molecule has 0 saturated heterocycles. The molecule has 0 fully saturated rings. The maximum absolute atomic E-state index is 12.4. The van der Waals surface area contributed by atoms with Gasteiger partial charge in [-0.1, -0.05) is 59.1 Å². The number of ether oxygens (including phenoxy) is 2. The number of carbonyl (C=O) groups excluding carboxylic acids is 2. The molecule has 7 heteroatoms. The van der Waals surface area contributed by atoms with Crippen LogP contribution in [0.4, 0.5) is 4.79 Å². The van der Waals surface area contributed by atoms with Crippen LogP contribution in [-0.4, -0.2) is 29.6 Å². The van der Waals surface area contributed by atoms with Crippen LogP contribution in [0.5, 0.6) is 0 Å². The fraction of sp³-hybridized carbons (Fsp3) is 0.524. The number of allylic oxidation sites excluding steroid dienone is 1. The predicted octanol–water partition coefficient (Wildman–Crippen LogP) is 5.29. The number of hydrogen-bond acceptors (Lipinski definition) is 5. The van der Waals surface area contributed by atoms with Gasteiger partial charge in [-0.05, 0) is 50.7 Å². The summed E-state index contributed by atoms with van der Waals surface area (Å²) in [4.78, 5) is 26.8. The lowest BCUT2D eigenvalue weighted by atomic mass is 10.1. The first-order valence-corrected chi connectivity index (χ1v) is 11.0. The largest absolute Gasteiger partial charge is 0.461 e. The Balaban J connectivity index is 0.00000190. The van der Waals surface area contributed by atoms with Crippen LogP contribution in [0.3, 0.4) is 0 Å². The summed E-state index contributed by atoms with van der Waals surface area (Å²) in [5.41, 5.74) is 1.26. The van der Waals surface area contributed by atoms with Crippen molar-refractivity contribution in [1.29, 1.82) is 0 Å². The molecule has 0 aromatic heterocycles. The van der Waals surface area contributed by atoms with Gasteiger partial charge in [-0.2, -0.15) is 0 Å². The number of rotatable bonds is 6. The maximum atomic E-state index is 12.4. The number of fused-ring (bicyclic) bond motifs is 1. The molecule has 28 heavy (non-hydrogen) atoms. The van der Waals surface area contributed by atoms with Crippen LogP contribution >= 0.6 is 21.0 Å². The number of amides is 1. The normalized spacial score (nSPS) is 14.1. The Morgan fingerprint density at radius 2 is 1.89 bits per heavy atom. The van der Waals surface area contributed by atoms with Crippen LogP contribution in [0.2, 0.25) is 0 Å². The van der Waals surface area contributed by atoms with Crippen molar-refractivity contribution in [3.05, 3.63) is 40.8 Å². The van der Waals surface area contributed by atoms with Gasteiger partial charge in [-0.15, -0.1) is 0 Å². The third kappa shape index (κ3) is 8.66. The van der Waals surface area contributed by atoms with Gasteiger partial charge in [-0.3, -0.25) is 0 Å². The monoisotopic (exact) mass is 425 g/mol. The van der Waals surface area contributed by atoms with E-state index in [-0.39, 0.29) is 6.10 Å². The van der Waals surface area contributed by atoms with E-state index < -0.39 is 23.4 Å². The first kappa shape index (κ1) is 24.5. The van der Waals surface area contributed by atoms with Crippen LogP contribution in [-0.2, 0) is 20.7 Å². The van der Waals surface area contributed by atoms with E-state index in [0.29, 0.717) is 6.42 Å². The molecule has 1 N–H and O–H groups in total. The highest BCUT2D eigenvalue weighted by molar-refractivity contribution is 8.03. The molecule has 1 aliphatic heterocycles. The molecule has 1 aromatic carbocycles. The number of benzene rings is 1. The number of hydrogen-bond donors (Lipinski definition) is 1. The molecule has 0 radical (unpaired) electrons. The van der Waals surface area contributed by atoms with Gasteiger partial charge in [-0.25, -0.2) is 9.59 Å². The van der Waals surface area contributed by atoms with Gasteiger partial charge >= 0.3 is 12.1 Å². The first-order valence-electron chi connectivity index (χ1n) is 9.57. The topological polar surface area (TPSA) is 64.6 Å². The first-order chi connectivity index (χ1) is 13.1. The zero-order chi connectivity index (χ0) is 21.3. The lowest BCUT2D eigenvalue weighted by Gasteiger charge is -2.25. The molecule has 1 amide bonds. The molecule has 1 unspecified atom stereocenters. The molecule has 0 bridgehead atoms. The molecule has 2 atom stereocenters. The molecule has 5 nitrogen and oxygen atoms in total. The highest BCUT2D eigenvalue weighted by Crippen LogP contribution is 2.37. The smallest absolute Gasteiger partial charge is 0.408 e. The number of alkyl carbamates (subject to hydrolysis) is 1. The number of carbonyl (C=O) groups is 2.